The maximum Gasteiger partial charge on any atom is 0.178 e. The molecule has 0 fully saturated rings. The van der Waals surface area contributed by atoms with E-state index in [-0.39, 0.29) is 0 Å². The van der Waals surface area contributed by atoms with Gasteiger partial charge in [0.05, 0.1) is 13.7 Å². The van der Waals surface area contributed by atoms with Crippen molar-refractivity contribution in [3.05, 3.63) is 11.6 Å². The number of nitrogens with zero attached hydrogens (tertiary/aromatic N) is 1. The lowest BCUT2D eigenvalue weighted by Crippen LogP contribution is -2.10. The smallest absolute Gasteiger partial charge is 0.178 e. The highest BCUT2D eigenvalue weighted by Gasteiger charge is 2.23. The Morgan fingerprint density at radius 3 is 3.19 bits per heavy atom. The normalized spacial score (nSPS) is 14.6. The number of rotatable bonds is 1. The molecule has 0 unspecified atom stereocenters. The molecular weight excluding hydrogens is 208 g/mol. The van der Waals surface area contributed by atoms with Gasteiger partial charge in [0.15, 0.2) is 11.4 Å². The van der Waals surface area contributed by atoms with Gasteiger partial charge in [-0.2, -0.15) is 0 Å². The lowest BCUT2D eigenvalue weighted by Gasteiger charge is -2.19. The van der Waals surface area contributed by atoms with Crippen LogP contribution in [0.4, 0.5) is 5.82 Å². The highest BCUT2D eigenvalue weighted by molar-refractivity contribution is 5.95. The van der Waals surface area contributed by atoms with Crippen LogP contribution in [0, 0.1) is 0 Å². The summed E-state index contributed by atoms with van der Waals surface area (Å²) in [6.45, 7) is 0.694. The molecule has 1 aromatic carbocycles. The van der Waals surface area contributed by atoms with E-state index in [0.717, 1.165) is 35.3 Å². The second-order valence-corrected chi connectivity index (χ2v) is 3.78. The summed E-state index contributed by atoms with van der Waals surface area (Å²) in [5, 5.41) is 4.51. The van der Waals surface area contributed by atoms with Crippen LogP contribution in [0.15, 0.2) is 10.6 Å². The Kier molecular flexibility index (Phi) is 1.92. The Hall–Kier alpha value is -1.91. The van der Waals surface area contributed by atoms with Gasteiger partial charge in [0.25, 0.3) is 0 Å². The van der Waals surface area contributed by atoms with Gasteiger partial charge in [-0.3, -0.25) is 0 Å². The average Bonchev–Trinajstić information content (AvgIpc) is 2.70. The molecule has 2 N–H and O–H groups in total. The van der Waals surface area contributed by atoms with Crippen LogP contribution >= 0.6 is 0 Å². The van der Waals surface area contributed by atoms with Crippen LogP contribution < -0.4 is 15.2 Å². The predicted octanol–water partition coefficient (Wildman–Crippen LogP) is 1.74. The minimum absolute atomic E-state index is 0.371. The molecule has 1 aromatic heterocycles. The average molecular weight is 220 g/mol. The van der Waals surface area contributed by atoms with E-state index >= 15 is 0 Å². The number of anilines is 1. The first kappa shape index (κ1) is 9.33. The van der Waals surface area contributed by atoms with Crippen LogP contribution in [0.2, 0.25) is 0 Å². The van der Waals surface area contributed by atoms with Crippen molar-refractivity contribution in [1.82, 2.24) is 5.16 Å². The van der Waals surface area contributed by atoms with Crippen molar-refractivity contribution in [1.29, 1.82) is 0 Å². The van der Waals surface area contributed by atoms with Gasteiger partial charge < -0.3 is 19.7 Å². The standard InChI is InChI=1S/C11H12N2O3/c1-14-7-5-8-9(11(12)13-16-8)10-6(7)3-2-4-15-10/h5H,2-4H2,1H3,(H2,12,13). The minimum atomic E-state index is 0.371. The van der Waals surface area contributed by atoms with E-state index in [9.17, 15) is 0 Å². The third-order valence-corrected chi connectivity index (χ3v) is 2.84. The highest BCUT2D eigenvalue weighted by atomic mass is 16.5. The number of benzene rings is 1. The second-order valence-electron chi connectivity index (χ2n) is 3.78. The molecule has 3 rings (SSSR count). The first-order chi connectivity index (χ1) is 7.81. The predicted molar refractivity (Wildman–Crippen MR) is 58.8 cm³/mol. The molecule has 0 amide bonds. The molecule has 5 nitrogen and oxygen atoms in total. The Labute approximate surface area is 92.1 Å². The summed E-state index contributed by atoms with van der Waals surface area (Å²) in [5.41, 5.74) is 7.42. The van der Waals surface area contributed by atoms with Crippen molar-refractivity contribution in [2.24, 2.45) is 0 Å². The summed E-state index contributed by atoms with van der Waals surface area (Å²) in [4.78, 5) is 0. The SMILES string of the molecule is COc1cc2onc(N)c2c2c1CCCO2. The van der Waals surface area contributed by atoms with Gasteiger partial charge in [0.1, 0.15) is 16.9 Å². The Balaban J connectivity index is 2.38. The first-order valence-electron chi connectivity index (χ1n) is 5.19. The molecule has 0 spiro atoms. The Morgan fingerprint density at radius 2 is 2.38 bits per heavy atom. The third-order valence-electron chi connectivity index (χ3n) is 2.84. The van der Waals surface area contributed by atoms with Crippen molar-refractivity contribution in [3.63, 3.8) is 0 Å². The first-order valence-corrected chi connectivity index (χ1v) is 5.19. The zero-order valence-electron chi connectivity index (χ0n) is 8.95. The van der Waals surface area contributed by atoms with Gasteiger partial charge in [0.2, 0.25) is 0 Å². The largest absolute Gasteiger partial charge is 0.496 e. The van der Waals surface area contributed by atoms with Gasteiger partial charge in [-0.15, -0.1) is 0 Å². The fraction of sp³-hybridized carbons (Fsp3) is 0.364. The summed E-state index contributed by atoms with van der Waals surface area (Å²) in [6, 6.07) is 1.81. The van der Waals surface area contributed by atoms with Gasteiger partial charge in [-0.1, -0.05) is 5.16 Å². The summed E-state index contributed by atoms with van der Waals surface area (Å²) in [5.74, 6) is 1.91. The van der Waals surface area contributed by atoms with Crippen LogP contribution in [0.25, 0.3) is 11.0 Å². The maximum atomic E-state index is 5.77. The van der Waals surface area contributed by atoms with Crippen LogP contribution in [0.1, 0.15) is 12.0 Å². The van der Waals surface area contributed by atoms with Crippen molar-refractivity contribution < 1.29 is 14.0 Å². The van der Waals surface area contributed by atoms with Gasteiger partial charge in [-0.25, -0.2) is 0 Å². The summed E-state index contributed by atoms with van der Waals surface area (Å²) >= 11 is 0. The molecule has 2 heterocycles. The molecule has 2 aromatic rings. The molecule has 0 saturated carbocycles. The van der Waals surface area contributed by atoms with Gasteiger partial charge >= 0.3 is 0 Å². The topological polar surface area (TPSA) is 70.5 Å². The molecular formula is C11H12N2O3. The number of methoxy groups -OCH3 is 1. The second kappa shape index (κ2) is 3.30. The van der Waals surface area contributed by atoms with E-state index in [1.807, 2.05) is 6.07 Å². The molecule has 0 atom stereocenters. The maximum absolute atomic E-state index is 5.77. The summed E-state index contributed by atoms with van der Waals surface area (Å²) in [7, 11) is 1.63. The lowest BCUT2D eigenvalue weighted by molar-refractivity contribution is 0.286. The van der Waals surface area contributed by atoms with Crippen molar-refractivity contribution in [2.45, 2.75) is 12.8 Å². The number of hydrogen-bond donors (Lipinski definition) is 1. The van der Waals surface area contributed by atoms with Crippen molar-refractivity contribution in [2.75, 3.05) is 19.5 Å². The summed E-state index contributed by atoms with van der Waals surface area (Å²) < 4.78 is 16.1. The zero-order chi connectivity index (χ0) is 11.1. The molecule has 0 radical (unpaired) electrons. The van der Waals surface area contributed by atoms with Crippen molar-refractivity contribution in [3.8, 4) is 11.5 Å². The minimum Gasteiger partial charge on any atom is -0.496 e. The van der Waals surface area contributed by atoms with Gasteiger partial charge in [-0.05, 0) is 12.8 Å². The van der Waals surface area contributed by atoms with Crippen LogP contribution in [0.3, 0.4) is 0 Å². The molecule has 16 heavy (non-hydrogen) atoms. The zero-order valence-corrected chi connectivity index (χ0v) is 8.95. The number of nitrogens with two attached hydrogens (primary N) is 1. The number of fused-ring (bicyclic) bond motifs is 3. The highest BCUT2D eigenvalue weighted by Crippen LogP contribution is 2.42. The molecule has 1 aliphatic heterocycles. The monoisotopic (exact) mass is 220 g/mol. The summed E-state index contributed by atoms with van der Waals surface area (Å²) in [6.07, 6.45) is 1.92. The number of aromatic nitrogens is 1. The Morgan fingerprint density at radius 1 is 1.50 bits per heavy atom. The van der Waals surface area contributed by atoms with Crippen molar-refractivity contribution >= 4 is 16.8 Å². The van der Waals surface area contributed by atoms with E-state index in [0.29, 0.717) is 18.0 Å². The number of nitrogen functional groups attached to an aromatic ring is 1. The molecule has 84 valence electrons. The lowest BCUT2D eigenvalue weighted by atomic mass is 10.0. The quantitative estimate of drug-likeness (QED) is 0.792. The molecule has 5 heteroatoms. The van der Waals surface area contributed by atoms with Crippen LogP contribution in [-0.4, -0.2) is 18.9 Å². The van der Waals surface area contributed by atoms with Crippen LogP contribution in [-0.2, 0) is 6.42 Å². The van der Waals surface area contributed by atoms with E-state index in [1.165, 1.54) is 0 Å². The molecule has 0 bridgehead atoms. The van der Waals surface area contributed by atoms with E-state index in [4.69, 9.17) is 19.7 Å². The fourth-order valence-electron chi connectivity index (χ4n) is 2.11. The Bertz CT molecular complexity index is 548. The van der Waals surface area contributed by atoms with Crippen LogP contribution in [0.5, 0.6) is 11.5 Å². The molecule has 0 saturated heterocycles. The fourth-order valence-corrected chi connectivity index (χ4v) is 2.11. The van der Waals surface area contributed by atoms with E-state index < -0.39 is 0 Å². The third kappa shape index (κ3) is 1.14. The van der Waals surface area contributed by atoms with E-state index in [2.05, 4.69) is 5.16 Å². The number of hydrogen-bond acceptors (Lipinski definition) is 5. The number of ether oxygens (including phenoxy) is 2. The van der Waals surface area contributed by atoms with Gasteiger partial charge in [0, 0.05) is 11.6 Å². The molecule has 1 aliphatic rings. The molecule has 0 aliphatic carbocycles. The van der Waals surface area contributed by atoms with E-state index in [1.54, 1.807) is 7.11 Å².